The van der Waals surface area contributed by atoms with E-state index in [0.717, 1.165) is 0 Å². The molecule has 9 heteroatoms. The maximum absolute atomic E-state index is 12.7. The molecule has 0 radical (unpaired) electrons. The lowest BCUT2D eigenvalue weighted by molar-refractivity contribution is -0.169. The van der Waals surface area contributed by atoms with Crippen molar-refractivity contribution in [1.82, 2.24) is 0 Å². The number of carbonyl (C=O) groups is 4. The standard InChI is InChI=1S/C29H45NO8/c1-16(2)17(3)24(31)35-18(4)19(5)36-25(32)21(30)14-20-12-13-22(37-26(33)28(6,7)8)23(15-20)38-27(34)29(9,10)11/h12-13,15-19,21H,14,30H2,1-11H3/t17?,18?,19-,21-/m0/s1. The van der Waals surface area contributed by atoms with Gasteiger partial charge in [-0.25, -0.2) is 0 Å². The number of nitrogens with two attached hydrogens (primary N) is 1. The van der Waals surface area contributed by atoms with Crippen molar-refractivity contribution < 1.29 is 38.1 Å². The van der Waals surface area contributed by atoms with E-state index in [1.165, 1.54) is 12.1 Å². The summed E-state index contributed by atoms with van der Waals surface area (Å²) in [5.74, 6) is -2.07. The molecule has 0 aliphatic heterocycles. The Morgan fingerprint density at radius 3 is 1.63 bits per heavy atom. The van der Waals surface area contributed by atoms with Crippen LogP contribution in [0.5, 0.6) is 11.5 Å². The molecule has 0 heterocycles. The van der Waals surface area contributed by atoms with E-state index in [1.807, 2.05) is 13.8 Å². The molecule has 0 fully saturated rings. The molecule has 0 bridgehead atoms. The highest BCUT2D eigenvalue weighted by atomic mass is 16.6. The molecule has 0 amide bonds. The minimum atomic E-state index is -1.04. The van der Waals surface area contributed by atoms with Crippen molar-refractivity contribution in [3.8, 4) is 11.5 Å². The van der Waals surface area contributed by atoms with Crippen LogP contribution in [0.1, 0.15) is 81.7 Å². The number of esters is 4. The molecule has 4 atom stereocenters. The Balaban J connectivity index is 3.00. The molecule has 9 nitrogen and oxygen atoms in total. The SMILES string of the molecule is CC(C)C(C)C(=O)OC(C)[C@H](C)OC(=O)[C@@H](N)Cc1ccc(OC(=O)C(C)(C)C)c(OC(=O)C(C)(C)C)c1. The second kappa shape index (κ2) is 13.2. The van der Waals surface area contributed by atoms with Crippen LogP contribution in [0.2, 0.25) is 0 Å². The molecular formula is C29H45NO8. The number of benzene rings is 1. The van der Waals surface area contributed by atoms with Crippen molar-refractivity contribution in [1.29, 1.82) is 0 Å². The molecule has 2 N–H and O–H groups in total. The zero-order valence-electron chi connectivity index (χ0n) is 24.7. The Bertz CT molecular complexity index is 1000. The molecule has 0 aliphatic carbocycles. The van der Waals surface area contributed by atoms with Gasteiger partial charge in [0.1, 0.15) is 18.2 Å². The number of hydrogen-bond donors (Lipinski definition) is 1. The Hall–Kier alpha value is -2.94. The van der Waals surface area contributed by atoms with Gasteiger partial charge < -0.3 is 24.7 Å². The van der Waals surface area contributed by atoms with Gasteiger partial charge in [0.2, 0.25) is 0 Å². The smallest absolute Gasteiger partial charge is 0.323 e. The van der Waals surface area contributed by atoms with Gasteiger partial charge in [0.05, 0.1) is 16.7 Å². The van der Waals surface area contributed by atoms with Crippen LogP contribution in [0.4, 0.5) is 0 Å². The molecule has 1 aromatic carbocycles. The summed E-state index contributed by atoms with van der Waals surface area (Å²) in [5, 5.41) is 0. The van der Waals surface area contributed by atoms with E-state index >= 15 is 0 Å². The van der Waals surface area contributed by atoms with Crippen LogP contribution in [0.25, 0.3) is 0 Å². The van der Waals surface area contributed by atoms with Gasteiger partial charge in [-0.3, -0.25) is 19.2 Å². The Kier molecular flexibility index (Phi) is 11.5. The topological polar surface area (TPSA) is 131 Å². The molecule has 1 aromatic rings. The van der Waals surface area contributed by atoms with E-state index in [9.17, 15) is 19.2 Å². The Morgan fingerprint density at radius 2 is 1.18 bits per heavy atom. The number of ether oxygens (including phenoxy) is 4. The van der Waals surface area contributed by atoms with E-state index in [-0.39, 0.29) is 35.7 Å². The molecule has 38 heavy (non-hydrogen) atoms. The zero-order valence-corrected chi connectivity index (χ0v) is 24.7. The van der Waals surface area contributed by atoms with Crippen LogP contribution in [-0.4, -0.2) is 42.1 Å². The third-order valence-corrected chi connectivity index (χ3v) is 6.03. The highest BCUT2D eigenvalue weighted by molar-refractivity contribution is 5.81. The molecule has 0 aromatic heterocycles. The fourth-order valence-electron chi connectivity index (χ4n) is 2.71. The molecular weight excluding hydrogens is 490 g/mol. The minimum absolute atomic E-state index is 0.0498. The summed E-state index contributed by atoms with van der Waals surface area (Å²) < 4.78 is 21.9. The summed E-state index contributed by atoms with van der Waals surface area (Å²) in [6, 6.07) is 3.61. The molecule has 0 aliphatic rings. The fraction of sp³-hybridized carbons (Fsp3) is 0.655. The van der Waals surface area contributed by atoms with Crippen molar-refractivity contribution >= 4 is 23.9 Å². The Morgan fingerprint density at radius 1 is 0.737 bits per heavy atom. The highest BCUT2D eigenvalue weighted by Crippen LogP contribution is 2.33. The third-order valence-electron chi connectivity index (χ3n) is 6.03. The van der Waals surface area contributed by atoms with E-state index in [0.29, 0.717) is 5.56 Å². The minimum Gasteiger partial charge on any atom is -0.459 e. The summed E-state index contributed by atoms with van der Waals surface area (Å²) in [4.78, 5) is 49.9. The second-order valence-electron chi connectivity index (χ2n) is 12.2. The van der Waals surface area contributed by atoms with Gasteiger partial charge in [0.15, 0.2) is 11.5 Å². The van der Waals surface area contributed by atoms with E-state index in [2.05, 4.69) is 0 Å². The number of rotatable bonds is 10. The maximum atomic E-state index is 12.7. The van der Waals surface area contributed by atoms with E-state index in [4.69, 9.17) is 24.7 Å². The average molecular weight is 536 g/mol. The van der Waals surface area contributed by atoms with Crippen molar-refractivity contribution in [3.63, 3.8) is 0 Å². The summed E-state index contributed by atoms with van der Waals surface area (Å²) >= 11 is 0. The predicted octanol–water partition coefficient (Wildman–Crippen LogP) is 4.61. The van der Waals surface area contributed by atoms with E-state index < -0.39 is 47.0 Å². The van der Waals surface area contributed by atoms with Crippen LogP contribution in [-0.2, 0) is 35.1 Å². The van der Waals surface area contributed by atoms with Crippen LogP contribution >= 0.6 is 0 Å². The normalized spacial score (nSPS) is 15.2. The van der Waals surface area contributed by atoms with Crippen molar-refractivity contribution in [3.05, 3.63) is 23.8 Å². The van der Waals surface area contributed by atoms with Gasteiger partial charge in [0, 0.05) is 0 Å². The first-order valence-electron chi connectivity index (χ1n) is 13.0. The summed E-state index contributed by atoms with van der Waals surface area (Å²) in [6.45, 7) is 19.2. The molecule has 2 unspecified atom stereocenters. The van der Waals surface area contributed by atoms with Crippen LogP contribution < -0.4 is 15.2 Å². The average Bonchev–Trinajstić information content (AvgIpc) is 2.78. The van der Waals surface area contributed by atoms with Crippen LogP contribution in [0.3, 0.4) is 0 Å². The fourth-order valence-corrected chi connectivity index (χ4v) is 2.71. The number of carbonyl (C=O) groups excluding carboxylic acids is 4. The lowest BCUT2D eigenvalue weighted by Crippen LogP contribution is -2.40. The van der Waals surface area contributed by atoms with Gasteiger partial charge >= 0.3 is 23.9 Å². The Labute approximate surface area is 226 Å². The molecule has 0 saturated carbocycles. The quantitative estimate of drug-likeness (QED) is 0.337. The first-order chi connectivity index (χ1) is 17.2. The molecule has 0 spiro atoms. The van der Waals surface area contributed by atoms with Gasteiger partial charge in [-0.2, -0.15) is 0 Å². The van der Waals surface area contributed by atoms with E-state index in [1.54, 1.807) is 68.4 Å². The predicted molar refractivity (Wildman–Crippen MR) is 143 cm³/mol. The first kappa shape index (κ1) is 33.1. The highest BCUT2D eigenvalue weighted by Gasteiger charge is 2.30. The maximum Gasteiger partial charge on any atom is 0.323 e. The lowest BCUT2D eigenvalue weighted by atomic mass is 9.97. The molecule has 1 rings (SSSR count). The number of hydrogen-bond acceptors (Lipinski definition) is 9. The van der Waals surface area contributed by atoms with Crippen molar-refractivity contribution in [2.45, 2.75) is 101 Å². The van der Waals surface area contributed by atoms with Gasteiger partial charge in [0.25, 0.3) is 0 Å². The monoisotopic (exact) mass is 535 g/mol. The summed E-state index contributed by atoms with van der Waals surface area (Å²) in [7, 11) is 0. The molecule has 214 valence electrons. The van der Waals surface area contributed by atoms with Crippen LogP contribution in [0, 0.1) is 22.7 Å². The van der Waals surface area contributed by atoms with Gasteiger partial charge in [-0.05, 0) is 85.4 Å². The van der Waals surface area contributed by atoms with Crippen LogP contribution in [0.15, 0.2) is 18.2 Å². The summed E-state index contributed by atoms with van der Waals surface area (Å²) in [5.41, 5.74) is 5.10. The lowest BCUT2D eigenvalue weighted by Gasteiger charge is -2.24. The first-order valence-corrected chi connectivity index (χ1v) is 13.0. The van der Waals surface area contributed by atoms with Gasteiger partial charge in [-0.1, -0.05) is 26.8 Å². The summed E-state index contributed by atoms with van der Waals surface area (Å²) in [6.07, 6.45) is -1.29. The van der Waals surface area contributed by atoms with Crippen molar-refractivity contribution in [2.75, 3.05) is 0 Å². The third kappa shape index (κ3) is 10.1. The molecule has 0 saturated heterocycles. The van der Waals surface area contributed by atoms with Crippen molar-refractivity contribution in [2.24, 2.45) is 28.4 Å². The zero-order chi connectivity index (χ0) is 29.6. The largest absolute Gasteiger partial charge is 0.459 e. The van der Waals surface area contributed by atoms with Gasteiger partial charge in [-0.15, -0.1) is 0 Å². The second-order valence-corrected chi connectivity index (χ2v) is 12.2.